The SMILES string of the molecule is CCNC(=O)C(C)N(c1nc(-c2ccc(C)cc2)cs1)c1ccccc1Cl. The van der Waals surface area contributed by atoms with Gasteiger partial charge in [0.1, 0.15) is 6.04 Å². The van der Waals surface area contributed by atoms with Gasteiger partial charge in [-0.05, 0) is 32.9 Å². The van der Waals surface area contributed by atoms with Crippen LogP contribution in [0.2, 0.25) is 5.02 Å². The van der Waals surface area contributed by atoms with Crippen molar-refractivity contribution in [2.45, 2.75) is 26.8 Å². The number of para-hydroxylation sites is 1. The van der Waals surface area contributed by atoms with E-state index in [0.717, 1.165) is 22.1 Å². The monoisotopic (exact) mass is 399 g/mol. The maximum Gasteiger partial charge on any atom is 0.242 e. The van der Waals surface area contributed by atoms with Crippen molar-refractivity contribution in [1.29, 1.82) is 0 Å². The molecule has 2 aromatic carbocycles. The molecule has 0 radical (unpaired) electrons. The smallest absolute Gasteiger partial charge is 0.242 e. The summed E-state index contributed by atoms with van der Waals surface area (Å²) in [5.74, 6) is -0.0653. The highest BCUT2D eigenvalue weighted by Crippen LogP contribution is 2.37. The Kier molecular flexibility index (Phi) is 6.14. The second kappa shape index (κ2) is 8.55. The van der Waals surface area contributed by atoms with E-state index in [-0.39, 0.29) is 5.91 Å². The van der Waals surface area contributed by atoms with Gasteiger partial charge in [-0.25, -0.2) is 4.98 Å². The fourth-order valence-electron chi connectivity index (χ4n) is 2.80. The molecule has 27 heavy (non-hydrogen) atoms. The van der Waals surface area contributed by atoms with Gasteiger partial charge in [-0.1, -0.05) is 53.6 Å². The van der Waals surface area contributed by atoms with Crippen molar-refractivity contribution in [3.05, 3.63) is 64.5 Å². The number of likely N-dealkylation sites (N-methyl/N-ethyl adjacent to an activating group) is 1. The number of benzene rings is 2. The first kappa shape index (κ1) is 19.4. The van der Waals surface area contributed by atoms with Crippen molar-refractivity contribution in [1.82, 2.24) is 10.3 Å². The van der Waals surface area contributed by atoms with Gasteiger partial charge in [0.25, 0.3) is 0 Å². The highest BCUT2D eigenvalue weighted by Gasteiger charge is 2.27. The summed E-state index contributed by atoms with van der Waals surface area (Å²) in [6.07, 6.45) is 0. The molecule has 0 aliphatic heterocycles. The van der Waals surface area contributed by atoms with Crippen molar-refractivity contribution in [3.8, 4) is 11.3 Å². The molecule has 1 N–H and O–H groups in total. The summed E-state index contributed by atoms with van der Waals surface area (Å²) >= 11 is 7.94. The lowest BCUT2D eigenvalue weighted by atomic mass is 10.1. The van der Waals surface area contributed by atoms with E-state index >= 15 is 0 Å². The molecule has 0 aliphatic carbocycles. The van der Waals surface area contributed by atoms with E-state index in [9.17, 15) is 4.79 Å². The number of thiazole rings is 1. The number of aromatic nitrogens is 1. The lowest BCUT2D eigenvalue weighted by Crippen LogP contribution is -2.43. The molecule has 4 nitrogen and oxygen atoms in total. The molecule has 1 unspecified atom stereocenters. The molecule has 0 bridgehead atoms. The molecular formula is C21H22ClN3OS. The molecule has 3 aromatic rings. The average molecular weight is 400 g/mol. The van der Waals surface area contributed by atoms with Gasteiger partial charge >= 0.3 is 0 Å². The van der Waals surface area contributed by atoms with Crippen LogP contribution in [0.15, 0.2) is 53.9 Å². The number of nitrogens with zero attached hydrogens (tertiary/aromatic N) is 2. The molecule has 140 valence electrons. The third kappa shape index (κ3) is 4.31. The Hall–Kier alpha value is -2.37. The number of halogens is 1. The van der Waals surface area contributed by atoms with Gasteiger partial charge in [0.2, 0.25) is 5.91 Å². The van der Waals surface area contributed by atoms with E-state index < -0.39 is 6.04 Å². The number of hydrogen-bond acceptors (Lipinski definition) is 4. The first-order chi connectivity index (χ1) is 13.0. The number of nitrogens with one attached hydrogen (secondary N) is 1. The van der Waals surface area contributed by atoms with E-state index in [0.29, 0.717) is 11.6 Å². The molecule has 3 rings (SSSR count). The minimum atomic E-state index is -0.443. The van der Waals surface area contributed by atoms with Crippen molar-refractivity contribution in [3.63, 3.8) is 0 Å². The molecule has 0 aliphatic rings. The summed E-state index contributed by atoms with van der Waals surface area (Å²) in [4.78, 5) is 19.2. The first-order valence-corrected chi connectivity index (χ1v) is 10.1. The summed E-state index contributed by atoms with van der Waals surface area (Å²) in [7, 11) is 0. The Morgan fingerprint density at radius 3 is 2.59 bits per heavy atom. The number of carbonyl (C=O) groups excluding carboxylic acids is 1. The van der Waals surface area contributed by atoms with Crippen LogP contribution >= 0.6 is 22.9 Å². The highest BCUT2D eigenvalue weighted by molar-refractivity contribution is 7.14. The first-order valence-electron chi connectivity index (χ1n) is 8.85. The zero-order chi connectivity index (χ0) is 19.4. The highest BCUT2D eigenvalue weighted by atomic mass is 35.5. The lowest BCUT2D eigenvalue weighted by molar-refractivity contribution is -0.121. The summed E-state index contributed by atoms with van der Waals surface area (Å²) in [5, 5.41) is 6.21. The van der Waals surface area contributed by atoms with Gasteiger partial charge in [-0.3, -0.25) is 4.79 Å². The van der Waals surface area contributed by atoms with E-state index in [1.165, 1.54) is 16.9 Å². The molecule has 0 saturated heterocycles. The molecule has 1 atom stereocenters. The van der Waals surface area contributed by atoms with Crippen LogP contribution in [0.3, 0.4) is 0 Å². The van der Waals surface area contributed by atoms with Crippen LogP contribution < -0.4 is 10.2 Å². The van der Waals surface area contributed by atoms with E-state index in [2.05, 4.69) is 36.5 Å². The van der Waals surface area contributed by atoms with Crippen LogP contribution in [0.4, 0.5) is 10.8 Å². The maximum absolute atomic E-state index is 12.5. The Morgan fingerprint density at radius 1 is 1.22 bits per heavy atom. The molecule has 1 amide bonds. The molecule has 6 heteroatoms. The fourth-order valence-corrected chi connectivity index (χ4v) is 3.95. The van der Waals surface area contributed by atoms with Crippen molar-refractivity contribution >= 4 is 39.7 Å². The van der Waals surface area contributed by atoms with Crippen LogP contribution in [0.5, 0.6) is 0 Å². The van der Waals surface area contributed by atoms with Gasteiger partial charge in [-0.2, -0.15) is 0 Å². The number of hydrogen-bond donors (Lipinski definition) is 1. The van der Waals surface area contributed by atoms with Gasteiger partial charge in [0.15, 0.2) is 5.13 Å². The van der Waals surface area contributed by atoms with E-state index in [1.807, 2.05) is 48.4 Å². The Bertz CT molecular complexity index is 923. The normalized spacial score (nSPS) is 11.9. The standard InChI is InChI=1S/C21H22ClN3OS/c1-4-23-20(26)15(3)25(19-8-6-5-7-17(19)22)21-24-18(13-27-21)16-11-9-14(2)10-12-16/h5-13,15H,4H2,1-3H3,(H,23,26). The predicted molar refractivity (Wildman–Crippen MR) is 114 cm³/mol. The topological polar surface area (TPSA) is 45.2 Å². The summed E-state index contributed by atoms with van der Waals surface area (Å²) in [5.41, 5.74) is 3.91. The second-order valence-electron chi connectivity index (χ2n) is 6.27. The maximum atomic E-state index is 12.5. The molecular weight excluding hydrogens is 378 g/mol. The van der Waals surface area contributed by atoms with Crippen LogP contribution in [0, 0.1) is 6.92 Å². The quantitative estimate of drug-likeness (QED) is 0.600. The van der Waals surface area contributed by atoms with Crippen molar-refractivity contribution in [2.75, 3.05) is 11.4 Å². The predicted octanol–water partition coefficient (Wildman–Crippen LogP) is 5.43. The number of anilines is 2. The Labute approximate surface area is 168 Å². The largest absolute Gasteiger partial charge is 0.355 e. The molecule has 1 aromatic heterocycles. The summed E-state index contributed by atoms with van der Waals surface area (Å²) < 4.78 is 0. The average Bonchev–Trinajstić information content (AvgIpc) is 3.14. The van der Waals surface area contributed by atoms with Crippen molar-refractivity contribution < 1.29 is 4.79 Å². The number of rotatable bonds is 6. The summed E-state index contributed by atoms with van der Waals surface area (Å²) in [6, 6.07) is 15.3. The summed E-state index contributed by atoms with van der Waals surface area (Å²) in [6.45, 7) is 6.40. The van der Waals surface area contributed by atoms with Gasteiger partial charge < -0.3 is 10.2 Å². The van der Waals surface area contributed by atoms with Gasteiger partial charge in [0, 0.05) is 17.5 Å². The molecule has 0 saturated carbocycles. The van der Waals surface area contributed by atoms with Crippen LogP contribution in [0.1, 0.15) is 19.4 Å². The Balaban J connectivity index is 2.02. The number of amides is 1. The minimum Gasteiger partial charge on any atom is -0.355 e. The van der Waals surface area contributed by atoms with E-state index in [4.69, 9.17) is 16.6 Å². The molecule has 1 heterocycles. The number of carbonyl (C=O) groups is 1. The third-order valence-electron chi connectivity index (χ3n) is 4.28. The molecule has 0 fully saturated rings. The Morgan fingerprint density at radius 2 is 1.93 bits per heavy atom. The molecule has 0 spiro atoms. The van der Waals surface area contributed by atoms with E-state index in [1.54, 1.807) is 0 Å². The van der Waals surface area contributed by atoms with Gasteiger partial charge in [-0.15, -0.1) is 11.3 Å². The fraction of sp³-hybridized carbons (Fsp3) is 0.238. The van der Waals surface area contributed by atoms with Crippen molar-refractivity contribution in [2.24, 2.45) is 0 Å². The van der Waals surface area contributed by atoms with Crippen LogP contribution in [-0.2, 0) is 4.79 Å². The van der Waals surface area contributed by atoms with Crippen LogP contribution in [-0.4, -0.2) is 23.5 Å². The zero-order valence-corrected chi connectivity index (χ0v) is 17.1. The van der Waals surface area contributed by atoms with Gasteiger partial charge in [0.05, 0.1) is 16.4 Å². The van der Waals surface area contributed by atoms with Crippen LogP contribution in [0.25, 0.3) is 11.3 Å². The minimum absolute atomic E-state index is 0.0653. The number of aryl methyl sites for hydroxylation is 1. The lowest BCUT2D eigenvalue weighted by Gasteiger charge is -2.28. The second-order valence-corrected chi connectivity index (χ2v) is 7.52. The zero-order valence-electron chi connectivity index (χ0n) is 15.6. The third-order valence-corrected chi connectivity index (χ3v) is 5.43.